The van der Waals surface area contributed by atoms with E-state index in [1.54, 1.807) is 24.3 Å². The lowest BCUT2D eigenvalue weighted by Gasteiger charge is -2.34. The smallest absolute Gasteiger partial charge is 0.331 e. The van der Waals surface area contributed by atoms with Gasteiger partial charge in [-0.05, 0) is 55.3 Å². The molecule has 26 heavy (non-hydrogen) atoms. The number of halogens is 1. The highest BCUT2D eigenvalue weighted by atomic mass is 35.5. The fourth-order valence-corrected chi connectivity index (χ4v) is 4.31. The van der Waals surface area contributed by atoms with Crippen LogP contribution in [0, 0.1) is 0 Å². The molecule has 2 aliphatic heterocycles. The SMILES string of the molecule is O=C(O)C(c1ccc(Cl)cc1)N1C(=O)C2(CCNCC2)c2ccccc21. The summed E-state index contributed by atoms with van der Waals surface area (Å²) in [6.45, 7) is 1.49. The van der Waals surface area contributed by atoms with Crippen LogP contribution in [-0.4, -0.2) is 30.1 Å². The zero-order chi connectivity index (χ0) is 18.3. The van der Waals surface area contributed by atoms with Crippen molar-refractivity contribution in [2.75, 3.05) is 18.0 Å². The van der Waals surface area contributed by atoms with Gasteiger partial charge in [-0.25, -0.2) is 4.79 Å². The molecule has 1 spiro atoms. The summed E-state index contributed by atoms with van der Waals surface area (Å²) < 4.78 is 0. The second kappa shape index (κ2) is 6.41. The lowest BCUT2D eigenvalue weighted by molar-refractivity contribution is -0.140. The van der Waals surface area contributed by atoms with Gasteiger partial charge in [-0.3, -0.25) is 9.69 Å². The highest BCUT2D eigenvalue weighted by Gasteiger charge is 2.53. The van der Waals surface area contributed by atoms with Crippen LogP contribution < -0.4 is 10.2 Å². The number of nitrogens with zero attached hydrogens (tertiary/aromatic N) is 1. The van der Waals surface area contributed by atoms with Crippen LogP contribution in [0.15, 0.2) is 48.5 Å². The average Bonchev–Trinajstić information content (AvgIpc) is 2.87. The Morgan fingerprint density at radius 3 is 2.42 bits per heavy atom. The fourth-order valence-electron chi connectivity index (χ4n) is 4.18. The summed E-state index contributed by atoms with van der Waals surface area (Å²) >= 11 is 5.95. The maximum atomic E-state index is 13.5. The maximum Gasteiger partial charge on any atom is 0.331 e. The van der Waals surface area contributed by atoms with E-state index in [1.807, 2.05) is 24.3 Å². The Morgan fingerprint density at radius 2 is 1.77 bits per heavy atom. The first-order valence-corrected chi connectivity index (χ1v) is 9.04. The Kier molecular flexibility index (Phi) is 4.21. The number of aliphatic carboxylic acids is 1. The molecular formula is C20H19ClN2O3. The molecule has 2 heterocycles. The number of carbonyl (C=O) groups is 2. The summed E-state index contributed by atoms with van der Waals surface area (Å²) in [6.07, 6.45) is 1.35. The summed E-state index contributed by atoms with van der Waals surface area (Å²) in [4.78, 5) is 27.2. The van der Waals surface area contributed by atoms with E-state index in [9.17, 15) is 14.7 Å². The quantitative estimate of drug-likeness (QED) is 0.870. The second-order valence-electron chi connectivity index (χ2n) is 6.82. The lowest BCUT2D eigenvalue weighted by atomic mass is 9.74. The number of hydrogen-bond donors (Lipinski definition) is 2. The van der Waals surface area contributed by atoms with Crippen molar-refractivity contribution in [2.45, 2.75) is 24.3 Å². The molecule has 0 saturated carbocycles. The van der Waals surface area contributed by atoms with Crippen molar-refractivity contribution in [1.29, 1.82) is 0 Å². The number of nitrogens with one attached hydrogen (secondary N) is 1. The largest absolute Gasteiger partial charge is 0.479 e. The third kappa shape index (κ3) is 2.50. The van der Waals surface area contributed by atoms with E-state index in [-0.39, 0.29) is 5.91 Å². The second-order valence-corrected chi connectivity index (χ2v) is 7.25. The number of piperidine rings is 1. The van der Waals surface area contributed by atoms with Crippen LogP contribution in [0.2, 0.25) is 5.02 Å². The first-order valence-electron chi connectivity index (χ1n) is 8.67. The molecule has 5 nitrogen and oxygen atoms in total. The minimum Gasteiger partial charge on any atom is -0.479 e. The molecule has 2 aromatic rings. The molecule has 1 amide bonds. The van der Waals surface area contributed by atoms with Gasteiger partial charge in [-0.15, -0.1) is 0 Å². The predicted octanol–water partition coefficient (Wildman–Crippen LogP) is 3.13. The minimum atomic E-state index is -1.07. The summed E-state index contributed by atoms with van der Waals surface area (Å²) in [7, 11) is 0. The van der Waals surface area contributed by atoms with Crippen LogP contribution in [0.5, 0.6) is 0 Å². The van der Waals surface area contributed by atoms with Crippen molar-refractivity contribution in [3.8, 4) is 0 Å². The number of carbonyl (C=O) groups excluding carboxylic acids is 1. The summed E-state index contributed by atoms with van der Waals surface area (Å²) in [5.74, 6) is -1.18. The van der Waals surface area contributed by atoms with E-state index in [0.29, 0.717) is 29.1 Å². The zero-order valence-corrected chi connectivity index (χ0v) is 14.9. The van der Waals surface area contributed by atoms with Crippen molar-refractivity contribution in [3.63, 3.8) is 0 Å². The van der Waals surface area contributed by atoms with Gasteiger partial charge >= 0.3 is 5.97 Å². The Morgan fingerprint density at radius 1 is 1.12 bits per heavy atom. The minimum absolute atomic E-state index is 0.123. The number of rotatable bonds is 3. The Balaban J connectivity index is 1.86. The monoisotopic (exact) mass is 370 g/mol. The van der Waals surface area contributed by atoms with E-state index in [1.165, 1.54) is 4.90 Å². The van der Waals surface area contributed by atoms with Gasteiger partial charge in [0.15, 0.2) is 6.04 Å². The molecule has 134 valence electrons. The van der Waals surface area contributed by atoms with Crippen molar-refractivity contribution in [3.05, 3.63) is 64.7 Å². The number of amides is 1. The molecule has 0 bridgehead atoms. The van der Waals surface area contributed by atoms with Crippen LogP contribution in [0.4, 0.5) is 5.69 Å². The standard InChI is InChI=1S/C20H19ClN2O3/c21-14-7-5-13(6-8-14)17(18(24)25)23-16-4-2-1-3-15(16)20(19(23)26)9-11-22-12-10-20/h1-8,17,22H,9-12H2,(H,24,25). The van der Waals surface area contributed by atoms with Gasteiger partial charge < -0.3 is 10.4 Å². The van der Waals surface area contributed by atoms with Crippen LogP contribution >= 0.6 is 11.6 Å². The summed E-state index contributed by atoms with van der Waals surface area (Å²) in [6, 6.07) is 13.1. The number of fused-ring (bicyclic) bond motifs is 2. The van der Waals surface area contributed by atoms with Crippen molar-refractivity contribution >= 4 is 29.2 Å². The van der Waals surface area contributed by atoms with Gasteiger partial charge in [0.25, 0.3) is 0 Å². The first-order chi connectivity index (χ1) is 12.5. The molecule has 2 aliphatic rings. The van der Waals surface area contributed by atoms with E-state index >= 15 is 0 Å². The third-order valence-corrected chi connectivity index (χ3v) is 5.69. The van der Waals surface area contributed by atoms with Gasteiger partial charge in [-0.1, -0.05) is 41.9 Å². The number of para-hydroxylation sites is 1. The highest BCUT2D eigenvalue weighted by molar-refractivity contribution is 6.30. The van der Waals surface area contributed by atoms with Crippen molar-refractivity contribution < 1.29 is 14.7 Å². The van der Waals surface area contributed by atoms with Crippen molar-refractivity contribution in [2.24, 2.45) is 0 Å². The Labute approximate surface area is 156 Å². The van der Waals surface area contributed by atoms with Crippen LogP contribution in [0.3, 0.4) is 0 Å². The van der Waals surface area contributed by atoms with E-state index in [4.69, 9.17) is 11.6 Å². The van der Waals surface area contributed by atoms with E-state index in [0.717, 1.165) is 18.7 Å². The molecule has 1 saturated heterocycles. The first kappa shape index (κ1) is 17.1. The third-order valence-electron chi connectivity index (χ3n) is 5.44. The molecule has 0 aromatic heterocycles. The molecule has 0 aliphatic carbocycles. The number of carboxylic acid groups (broad SMARTS) is 1. The van der Waals surface area contributed by atoms with Crippen molar-refractivity contribution in [1.82, 2.24) is 5.32 Å². The Hall–Kier alpha value is -2.37. The molecule has 1 atom stereocenters. The molecule has 1 fully saturated rings. The Bertz CT molecular complexity index is 860. The van der Waals surface area contributed by atoms with Gasteiger partial charge in [0.1, 0.15) is 0 Å². The van der Waals surface area contributed by atoms with E-state index in [2.05, 4.69) is 5.32 Å². The molecule has 2 aromatic carbocycles. The van der Waals surface area contributed by atoms with Gasteiger partial charge in [-0.2, -0.15) is 0 Å². The maximum absolute atomic E-state index is 13.5. The highest BCUT2D eigenvalue weighted by Crippen LogP contribution is 2.49. The summed E-state index contributed by atoms with van der Waals surface area (Å²) in [5, 5.41) is 13.8. The molecule has 2 N–H and O–H groups in total. The number of benzene rings is 2. The van der Waals surface area contributed by atoms with Crippen LogP contribution in [0.25, 0.3) is 0 Å². The lowest BCUT2D eigenvalue weighted by Crippen LogP contribution is -2.49. The number of carboxylic acids is 1. The number of anilines is 1. The van der Waals surface area contributed by atoms with Crippen LogP contribution in [-0.2, 0) is 15.0 Å². The predicted molar refractivity (Wildman–Crippen MR) is 99.5 cm³/mol. The molecular weight excluding hydrogens is 352 g/mol. The van der Waals surface area contributed by atoms with E-state index < -0.39 is 17.4 Å². The fraction of sp³-hybridized carbons (Fsp3) is 0.300. The molecule has 0 radical (unpaired) electrons. The summed E-state index contributed by atoms with van der Waals surface area (Å²) in [5.41, 5.74) is 1.53. The normalized spacial score (nSPS) is 19.4. The molecule has 4 rings (SSSR count). The van der Waals surface area contributed by atoms with Gasteiger partial charge in [0, 0.05) is 10.7 Å². The molecule has 6 heteroatoms. The molecule has 1 unspecified atom stereocenters. The average molecular weight is 371 g/mol. The zero-order valence-electron chi connectivity index (χ0n) is 14.1. The van der Waals surface area contributed by atoms with Gasteiger partial charge in [0.05, 0.1) is 5.41 Å². The van der Waals surface area contributed by atoms with Crippen LogP contribution in [0.1, 0.15) is 30.0 Å². The number of hydrogen-bond acceptors (Lipinski definition) is 3. The topological polar surface area (TPSA) is 69.6 Å². The van der Waals surface area contributed by atoms with Gasteiger partial charge in [0.2, 0.25) is 5.91 Å².